The van der Waals surface area contributed by atoms with E-state index in [1.807, 2.05) is 0 Å². The molecule has 2 rings (SSSR count). The second kappa shape index (κ2) is 6.30. The molecule has 110 valence electrons. The fourth-order valence-corrected chi connectivity index (χ4v) is 1.87. The van der Waals surface area contributed by atoms with Gasteiger partial charge in [0.25, 0.3) is 0 Å². The lowest BCUT2D eigenvalue weighted by Crippen LogP contribution is -2.15. The Balaban J connectivity index is 1.99. The molecule has 3 N–H and O–H groups in total. The number of halogens is 3. The molecule has 0 aliphatic carbocycles. The van der Waals surface area contributed by atoms with E-state index in [0.29, 0.717) is 24.2 Å². The van der Waals surface area contributed by atoms with E-state index in [4.69, 9.17) is 5.73 Å². The summed E-state index contributed by atoms with van der Waals surface area (Å²) in [6.45, 7) is 0. The molecule has 0 unspecified atom stereocenters. The maximum absolute atomic E-state index is 13.4. The van der Waals surface area contributed by atoms with Gasteiger partial charge in [-0.05, 0) is 24.1 Å². The number of nitrogens with two attached hydrogens (primary N) is 1. The molecule has 0 radical (unpaired) electrons. The molecular weight excluding hydrogens is 281 g/mol. The molecule has 1 amide bonds. The zero-order valence-electron chi connectivity index (χ0n) is 11.0. The molecule has 0 saturated carbocycles. The highest BCUT2D eigenvalue weighted by Gasteiger charge is 2.14. The van der Waals surface area contributed by atoms with Crippen molar-refractivity contribution in [2.24, 2.45) is 0 Å². The zero-order valence-corrected chi connectivity index (χ0v) is 11.0. The van der Waals surface area contributed by atoms with Crippen LogP contribution in [-0.2, 0) is 11.2 Å². The monoisotopic (exact) mass is 294 g/mol. The van der Waals surface area contributed by atoms with Gasteiger partial charge in [-0.2, -0.15) is 0 Å². The smallest absolute Gasteiger partial charge is 0.224 e. The second-order valence-corrected chi connectivity index (χ2v) is 4.54. The normalized spacial score (nSPS) is 10.4. The molecule has 3 nitrogen and oxygen atoms in total. The van der Waals surface area contributed by atoms with Crippen molar-refractivity contribution in [3.8, 4) is 0 Å². The number of benzene rings is 2. The Bertz CT molecular complexity index is 651. The molecule has 0 atom stereocenters. The van der Waals surface area contributed by atoms with Gasteiger partial charge < -0.3 is 11.1 Å². The number of anilines is 2. The minimum atomic E-state index is -1.15. The first-order valence-corrected chi connectivity index (χ1v) is 6.24. The van der Waals surface area contributed by atoms with Crippen molar-refractivity contribution >= 4 is 17.3 Å². The number of amides is 1. The standard InChI is InChI=1S/C15H13F3N2O/c16-10-7-12(17)15(13(18)8-10)20-14(21)5-4-9-2-1-3-11(19)6-9/h1-3,6-8H,4-5,19H2,(H,20,21). The maximum atomic E-state index is 13.4. The van der Waals surface area contributed by atoms with Gasteiger partial charge in [0.2, 0.25) is 5.91 Å². The number of nitrogen functional groups attached to an aromatic ring is 1. The van der Waals surface area contributed by atoms with Crippen molar-refractivity contribution < 1.29 is 18.0 Å². The van der Waals surface area contributed by atoms with E-state index < -0.39 is 29.0 Å². The summed E-state index contributed by atoms with van der Waals surface area (Å²) >= 11 is 0. The summed E-state index contributed by atoms with van der Waals surface area (Å²) in [7, 11) is 0. The van der Waals surface area contributed by atoms with Crippen molar-refractivity contribution in [3.63, 3.8) is 0 Å². The van der Waals surface area contributed by atoms with Gasteiger partial charge in [-0.25, -0.2) is 13.2 Å². The van der Waals surface area contributed by atoms with Gasteiger partial charge in [0.1, 0.15) is 11.5 Å². The van der Waals surface area contributed by atoms with Gasteiger partial charge in [0, 0.05) is 24.2 Å². The van der Waals surface area contributed by atoms with E-state index in [2.05, 4.69) is 5.32 Å². The summed E-state index contributed by atoms with van der Waals surface area (Å²) in [5.41, 5.74) is 6.37. The van der Waals surface area contributed by atoms with Crippen molar-refractivity contribution in [1.29, 1.82) is 0 Å². The number of carbonyl (C=O) groups excluding carboxylic acids is 1. The summed E-state index contributed by atoms with van der Waals surface area (Å²) in [6.07, 6.45) is 0.404. The van der Waals surface area contributed by atoms with Crippen molar-refractivity contribution in [3.05, 3.63) is 59.4 Å². The Labute approximate surface area is 119 Å². The quantitative estimate of drug-likeness (QED) is 0.850. The van der Waals surface area contributed by atoms with Crippen LogP contribution in [0.4, 0.5) is 24.5 Å². The van der Waals surface area contributed by atoms with Crippen LogP contribution in [0.15, 0.2) is 36.4 Å². The van der Waals surface area contributed by atoms with E-state index in [1.54, 1.807) is 24.3 Å². The van der Waals surface area contributed by atoms with E-state index >= 15 is 0 Å². The van der Waals surface area contributed by atoms with Crippen molar-refractivity contribution in [1.82, 2.24) is 0 Å². The van der Waals surface area contributed by atoms with Gasteiger partial charge in [0.15, 0.2) is 11.6 Å². The Morgan fingerprint density at radius 3 is 2.38 bits per heavy atom. The fraction of sp³-hybridized carbons (Fsp3) is 0.133. The SMILES string of the molecule is Nc1cccc(CCC(=O)Nc2c(F)cc(F)cc2F)c1. The number of rotatable bonds is 4. The van der Waals surface area contributed by atoms with Crippen LogP contribution in [0.2, 0.25) is 0 Å². The Hall–Kier alpha value is -2.50. The molecule has 0 aliphatic heterocycles. The van der Waals surface area contributed by atoms with Crippen LogP contribution < -0.4 is 11.1 Å². The lowest BCUT2D eigenvalue weighted by molar-refractivity contribution is -0.116. The second-order valence-electron chi connectivity index (χ2n) is 4.54. The third-order valence-electron chi connectivity index (χ3n) is 2.86. The van der Waals surface area contributed by atoms with Crippen molar-refractivity contribution in [2.75, 3.05) is 11.1 Å². The van der Waals surface area contributed by atoms with Gasteiger partial charge in [-0.3, -0.25) is 4.79 Å². The first-order valence-electron chi connectivity index (χ1n) is 6.24. The van der Waals surface area contributed by atoms with Crippen LogP contribution in [0.5, 0.6) is 0 Å². The highest BCUT2D eigenvalue weighted by molar-refractivity contribution is 5.91. The number of hydrogen-bond acceptors (Lipinski definition) is 2. The molecule has 0 saturated heterocycles. The summed E-state index contributed by atoms with van der Waals surface area (Å²) in [6, 6.07) is 8.00. The topological polar surface area (TPSA) is 55.1 Å². The average molecular weight is 294 g/mol. The van der Waals surface area contributed by atoms with Crippen LogP contribution in [0.25, 0.3) is 0 Å². The first kappa shape index (κ1) is 14.9. The molecule has 0 fully saturated rings. The third kappa shape index (κ3) is 3.98. The maximum Gasteiger partial charge on any atom is 0.224 e. The predicted octanol–water partition coefficient (Wildman–Crippen LogP) is 3.26. The lowest BCUT2D eigenvalue weighted by Gasteiger charge is -2.08. The van der Waals surface area contributed by atoms with E-state index in [1.165, 1.54) is 0 Å². The fourth-order valence-electron chi connectivity index (χ4n) is 1.87. The molecule has 0 spiro atoms. The summed E-state index contributed by atoms with van der Waals surface area (Å²) in [4.78, 5) is 11.7. The molecule has 6 heteroatoms. The van der Waals surface area contributed by atoms with Crippen LogP contribution >= 0.6 is 0 Å². The van der Waals surface area contributed by atoms with E-state index in [9.17, 15) is 18.0 Å². The molecule has 0 heterocycles. The molecule has 0 aromatic heterocycles. The van der Waals surface area contributed by atoms with Crippen molar-refractivity contribution in [2.45, 2.75) is 12.8 Å². The molecule has 21 heavy (non-hydrogen) atoms. The summed E-state index contributed by atoms with van der Waals surface area (Å²) < 4.78 is 39.5. The molecular formula is C15H13F3N2O. The Morgan fingerprint density at radius 2 is 1.76 bits per heavy atom. The summed E-state index contributed by atoms with van der Waals surface area (Å²) in [5.74, 6) is -3.90. The number of aryl methyl sites for hydroxylation is 1. The van der Waals surface area contributed by atoms with Gasteiger partial charge >= 0.3 is 0 Å². The van der Waals surface area contributed by atoms with E-state index in [-0.39, 0.29) is 6.42 Å². The highest BCUT2D eigenvalue weighted by atomic mass is 19.1. The highest BCUT2D eigenvalue weighted by Crippen LogP contribution is 2.20. The van der Waals surface area contributed by atoms with Crippen LogP contribution in [-0.4, -0.2) is 5.91 Å². The zero-order chi connectivity index (χ0) is 15.4. The predicted molar refractivity (Wildman–Crippen MR) is 74.1 cm³/mol. The van der Waals surface area contributed by atoms with Crippen LogP contribution in [0.3, 0.4) is 0 Å². The number of carbonyl (C=O) groups is 1. The summed E-state index contributed by atoms with van der Waals surface area (Å²) in [5, 5.41) is 2.10. The molecule has 0 aliphatic rings. The minimum absolute atomic E-state index is 0.0275. The van der Waals surface area contributed by atoms with Gasteiger partial charge in [-0.1, -0.05) is 12.1 Å². The molecule has 2 aromatic rings. The van der Waals surface area contributed by atoms with Gasteiger partial charge in [-0.15, -0.1) is 0 Å². The number of hydrogen-bond donors (Lipinski definition) is 2. The van der Waals surface area contributed by atoms with Crippen LogP contribution in [0, 0.1) is 17.5 Å². The molecule has 0 bridgehead atoms. The average Bonchev–Trinajstić information content (AvgIpc) is 2.40. The first-order chi connectivity index (χ1) is 9.95. The van der Waals surface area contributed by atoms with Crippen LogP contribution in [0.1, 0.15) is 12.0 Å². The van der Waals surface area contributed by atoms with Gasteiger partial charge in [0.05, 0.1) is 0 Å². The Morgan fingerprint density at radius 1 is 1.10 bits per heavy atom. The van der Waals surface area contributed by atoms with E-state index in [0.717, 1.165) is 5.56 Å². The lowest BCUT2D eigenvalue weighted by atomic mass is 10.1. The Kier molecular flexibility index (Phi) is 4.47. The minimum Gasteiger partial charge on any atom is -0.399 e. The number of nitrogens with one attached hydrogen (secondary N) is 1. The molecule has 2 aromatic carbocycles. The third-order valence-corrected chi connectivity index (χ3v) is 2.86. The largest absolute Gasteiger partial charge is 0.399 e.